The fraction of sp³-hybridized carbons (Fsp3) is 0.286. The van der Waals surface area contributed by atoms with Crippen LogP contribution in [0, 0.1) is 0 Å². The zero-order valence-electron chi connectivity index (χ0n) is 6.17. The Morgan fingerprint density at radius 2 is 2.45 bits per heavy atom. The molecule has 0 aliphatic rings. The van der Waals surface area contributed by atoms with Gasteiger partial charge in [0.15, 0.2) is 5.78 Å². The van der Waals surface area contributed by atoms with Crippen LogP contribution in [0.5, 0.6) is 0 Å². The quantitative estimate of drug-likeness (QED) is 0.672. The molecule has 11 heavy (non-hydrogen) atoms. The number of nitrogens with zero attached hydrogens (tertiary/aromatic N) is 1. The molecule has 2 N–H and O–H groups in total. The number of halogens is 1. The van der Waals surface area contributed by atoms with Crippen LogP contribution in [0.3, 0.4) is 0 Å². The first kappa shape index (κ1) is 8.30. The average Bonchev–Trinajstić information content (AvgIpc) is 2.31. The van der Waals surface area contributed by atoms with Gasteiger partial charge >= 0.3 is 0 Å². The number of rotatable bonds is 2. The van der Waals surface area contributed by atoms with E-state index in [0.717, 1.165) is 0 Å². The largest absolute Gasteiger partial charge is 0.341 e. The second-order valence-corrected chi connectivity index (χ2v) is 2.68. The van der Waals surface area contributed by atoms with Gasteiger partial charge in [-0.3, -0.25) is 4.79 Å². The van der Waals surface area contributed by atoms with Crippen molar-refractivity contribution in [3.8, 4) is 0 Å². The van der Waals surface area contributed by atoms with Crippen molar-refractivity contribution in [2.24, 2.45) is 12.8 Å². The van der Waals surface area contributed by atoms with Crippen LogP contribution in [0.4, 0.5) is 0 Å². The Morgan fingerprint density at radius 3 is 2.82 bits per heavy atom. The highest BCUT2D eigenvalue weighted by molar-refractivity contribution is 6.30. The number of aromatic nitrogens is 1. The molecule has 0 aromatic carbocycles. The Labute approximate surface area is 69.8 Å². The van der Waals surface area contributed by atoms with E-state index in [1.807, 2.05) is 0 Å². The van der Waals surface area contributed by atoms with E-state index in [1.165, 1.54) is 0 Å². The van der Waals surface area contributed by atoms with E-state index in [2.05, 4.69) is 0 Å². The first-order chi connectivity index (χ1) is 5.15. The molecule has 0 spiro atoms. The van der Waals surface area contributed by atoms with Gasteiger partial charge in [-0.05, 0) is 6.07 Å². The standard InChI is InChI=1S/C7H9ClN2O/c1-10-4-5(2-7(10)8)6(11)3-9/h2,4H,3,9H2,1H3. The van der Waals surface area contributed by atoms with Gasteiger partial charge in [-0.15, -0.1) is 0 Å². The number of carbonyl (C=O) groups excluding carboxylic acids is 1. The molecule has 0 saturated heterocycles. The summed E-state index contributed by atoms with van der Waals surface area (Å²) in [6, 6.07) is 1.61. The highest BCUT2D eigenvalue weighted by Crippen LogP contribution is 2.12. The number of hydrogen-bond donors (Lipinski definition) is 1. The summed E-state index contributed by atoms with van der Waals surface area (Å²) in [5.74, 6) is -0.0903. The van der Waals surface area contributed by atoms with Gasteiger partial charge in [0.1, 0.15) is 5.15 Å². The van der Waals surface area contributed by atoms with Gasteiger partial charge in [-0.25, -0.2) is 0 Å². The van der Waals surface area contributed by atoms with Crippen molar-refractivity contribution in [3.05, 3.63) is 23.0 Å². The minimum Gasteiger partial charge on any atom is -0.341 e. The van der Waals surface area contributed by atoms with Crippen LogP contribution in [0.1, 0.15) is 10.4 Å². The summed E-state index contributed by atoms with van der Waals surface area (Å²) in [6.45, 7) is 0.0281. The molecule has 0 aliphatic carbocycles. The van der Waals surface area contributed by atoms with Crippen LogP contribution in [0.15, 0.2) is 12.3 Å². The monoisotopic (exact) mass is 172 g/mol. The summed E-state index contributed by atoms with van der Waals surface area (Å²) in [4.78, 5) is 11.0. The molecule has 0 aliphatic heterocycles. The summed E-state index contributed by atoms with van der Waals surface area (Å²) in [6.07, 6.45) is 1.66. The molecule has 1 aromatic heterocycles. The number of Topliss-reactive ketones (excluding diaryl/α,β-unsaturated/α-hetero) is 1. The maximum absolute atomic E-state index is 11.0. The zero-order valence-corrected chi connectivity index (χ0v) is 6.93. The molecule has 0 amide bonds. The smallest absolute Gasteiger partial charge is 0.177 e. The Morgan fingerprint density at radius 1 is 1.82 bits per heavy atom. The fourth-order valence-corrected chi connectivity index (χ4v) is 0.974. The fourth-order valence-electron chi connectivity index (χ4n) is 0.808. The topological polar surface area (TPSA) is 48.0 Å². The Balaban J connectivity index is 2.97. The Bertz CT molecular complexity index is 260. The van der Waals surface area contributed by atoms with Crippen molar-refractivity contribution in [1.82, 2.24) is 4.57 Å². The third kappa shape index (κ3) is 1.61. The predicted molar refractivity (Wildman–Crippen MR) is 43.8 cm³/mol. The van der Waals surface area contributed by atoms with Gasteiger partial charge in [-0.2, -0.15) is 0 Å². The number of ketones is 1. The lowest BCUT2D eigenvalue weighted by atomic mass is 10.2. The third-order valence-electron chi connectivity index (χ3n) is 1.45. The summed E-state index contributed by atoms with van der Waals surface area (Å²) >= 11 is 5.70. The lowest BCUT2D eigenvalue weighted by Gasteiger charge is -1.89. The number of carbonyl (C=O) groups is 1. The second kappa shape index (κ2) is 3.07. The van der Waals surface area contributed by atoms with E-state index < -0.39 is 0 Å². The summed E-state index contributed by atoms with van der Waals surface area (Å²) < 4.78 is 1.67. The summed E-state index contributed by atoms with van der Waals surface area (Å²) in [5.41, 5.74) is 5.73. The molecule has 0 fully saturated rings. The molecule has 0 bridgehead atoms. The van der Waals surface area contributed by atoms with Crippen LogP contribution in [-0.4, -0.2) is 16.9 Å². The van der Waals surface area contributed by atoms with E-state index in [1.54, 1.807) is 23.9 Å². The van der Waals surface area contributed by atoms with Gasteiger partial charge in [0.25, 0.3) is 0 Å². The van der Waals surface area contributed by atoms with Crippen molar-refractivity contribution in [1.29, 1.82) is 0 Å². The van der Waals surface area contributed by atoms with Gasteiger partial charge in [0.2, 0.25) is 0 Å². The van der Waals surface area contributed by atoms with Crippen molar-refractivity contribution in [2.45, 2.75) is 0 Å². The van der Waals surface area contributed by atoms with E-state index in [0.29, 0.717) is 10.7 Å². The van der Waals surface area contributed by atoms with Crippen molar-refractivity contribution in [2.75, 3.05) is 6.54 Å². The number of hydrogen-bond acceptors (Lipinski definition) is 2. The first-order valence-corrected chi connectivity index (χ1v) is 3.58. The molecule has 0 saturated carbocycles. The molecular weight excluding hydrogens is 164 g/mol. The summed E-state index contributed by atoms with van der Waals surface area (Å²) in [7, 11) is 1.77. The molecule has 0 radical (unpaired) electrons. The highest BCUT2D eigenvalue weighted by Gasteiger charge is 2.06. The maximum Gasteiger partial charge on any atom is 0.177 e. The molecule has 0 unspecified atom stereocenters. The van der Waals surface area contributed by atoms with Gasteiger partial charge < -0.3 is 10.3 Å². The van der Waals surface area contributed by atoms with Crippen molar-refractivity contribution >= 4 is 17.4 Å². The summed E-state index contributed by atoms with van der Waals surface area (Å²) in [5, 5.41) is 0.543. The molecule has 1 aromatic rings. The molecule has 4 heteroatoms. The van der Waals surface area contributed by atoms with Gasteiger partial charge in [0, 0.05) is 18.8 Å². The minimum absolute atomic E-state index is 0.0281. The number of nitrogens with two attached hydrogens (primary N) is 1. The van der Waals surface area contributed by atoms with Crippen molar-refractivity contribution < 1.29 is 4.79 Å². The molecule has 1 rings (SSSR count). The van der Waals surface area contributed by atoms with Crippen LogP contribution < -0.4 is 5.73 Å². The molecule has 60 valence electrons. The molecule has 0 atom stereocenters. The van der Waals surface area contributed by atoms with Crippen LogP contribution in [-0.2, 0) is 7.05 Å². The van der Waals surface area contributed by atoms with Crippen LogP contribution >= 0.6 is 11.6 Å². The van der Waals surface area contributed by atoms with Crippen molar-refractivity contribution in [3.63, 3.8) is 0 Å². The van der Waals surface area contributed by atoms with Crippen LogP contribution in [0.2, 0.25) is 5.15 Å². The van der Waals surface area contributed by atoms with Gasteiger partial charge in [0.05, 0.1) is 6.54 Å². The van der Waals surface area contributed by atoms with E-state index in [-0.39, 0.29) is 12.3 Å². The zero-order chi connectivity index (χ0) is 8.43. The first-order valence-electron chi connectivity index (χ1n) is 3.20. The minimum atomic E-state index is -0.0903. The lowest BCUT2D eigenvalue weighted by Crippen LogP contribution is -2.12. The molecule has 1 heterocycles. The van der Waals surface area contributed by atoms with E-state index in [4.69, 9.17) is 17.3 Å². The highest BCUT2D eigenvalue weighted by atomic mass is 35.5. The Kier molecular flexibility index (Phi) is 2.31. The SMILES string of the molecule is Cn1cc(C(=O)CN)cc1Cl. The average molecular weight is 173 g/mol. The number of aryl methyl sites for hydroxylation is 1. The molecule has 3 nitrogen and oxygen atoms in total. The predicted octanol–water partition coefficient (Wildman–Crippen LogP) is 0.820. The third-order valence-corrected chi connectivity index (χ3v) is 1.83. The Hall–Kier alpha value is -0.800. The van der Waals surface area contributed by atoms with Gasteiger partial charge in [-0.1, -0.05) is 11.6 Å². The normalized spacial score (nSPS) is 10.1. The lowest BCUT2D eigenvalue weighted by molar-refractivity contribution is 0.100. The maximum atomic E-state index is 11.0. The van der Waals surface area contributed by atoms with E-state index >= 15 is 0 Å². The van der Waals surface area contributed by atoms with E-state index in [9.17, 15) is 4.79 Å². The second-order valence-electron chi connectivity index (χ2n) is 2.29. The van der Waals surface area contributed by atoms with Crippen LogP contribution in [0.25, 0.3) is 0 Å². The molecular formula is C7H9ClN2O.